The number of amides is 1. The van der Waals surface area contributed by atoms with Gasteiger partial charge in [0, 0.05) is 6.54 Å². The number of benzene rings is 1. The van der Waals surface area contributed by atoms with Gasteiger partial charge in [0.1, 0.15) is 0 Å². The lowest BCUT2D eigenvalue weighted by molar-refractivity contribution is -0.111. The number of nitrogens with zero attached hydrogens (tertiary/aromatic N) is 1. The molecule has 0 bridgehead atoms. The number of hydroxylamine groups is 1. The zero-order valence-corrected chi connectivity index (χ0v) is 7.50. The molecule has 0 fully saturated rings. The van der Waals surface area contributed by atoms with Gasteiger partial charge in [0.2, 0.25) is 6.41 Å². The van der Waals surface area contributed by atoms with Crippen LogP contribution in [0, 0.1) is 0 Å². The average Bonchev–Trinajstić information content (AvgIpc) is 2.27. The Bertz CT molecular complexity index is 299. The van der Waals surface area contributed by atoms with E-state index in [9.17, 15) is 9.90 Å². The first-order chi connectivity index (χ1) is 6.69. The molecule has 0 aliphatic heterocycles. The predicted octanol–water partition coefficient (Wildman–Crippen LogP) is 0.0307. The zero-order chi connectivity index (χ0) is 10.6. The quantitative estimate of drug-likeness (QED) is 0.360. The lowest BCUT2D eigenvalue weighted by Crippen LogP contribution is -2.15. The molecule has 0 aliphatic rings. The normalized spacial score (nSPS) is 12.2. The molecule has 0 spiro atoms. The summed E-state index contributed by atoms with van der Waals surface area (Å²) in [7, 11) is 0. The van der Waals surface area contributed by atoms with Gasteiger partial charge in [0.05, 0.1) is 11.8 Å². The third-order valence-corrected chi connectivity index (χ3v) is 1.87. The number of hydrogen-bond donors (Lipinski definition) is 3. The van der Waals surface area contributed by atoms with Gasteiger partial charge in [0.15, 0.2) is 0 Å². The van der Waals surface area contributed by atoms with E-state index >= 15 is 0 Å². The molecule has 5 nitrogen and oxygen atoms in total. The largest absolute Gasteiger partial charge is 0.387 e. The minimum absolute atomic E-state index is 0.135. The second-order valence-corrected chi connectivity index (χ2v) is 2.79. The summed E-state index contributed by atoms with van der Waals surface area (Å²) in [6, 6.07) is 6.23. The Hall–Kier alpha value is -1.43. The molecule has 5 heteroatoms. The molecular weight excluding hydrogens is 184 g/mol. The average molecular weight is 196 g/mol. The number of carbonyl (C=O) groups is 1. The third kappa shape index (κ3) is 2.29. The van der Waals surface area contributed by atoms with Crippen LogP contribution in [0.3, 0.4) is 0 Å². The molecule has 0 heterocycles. The smallest absolute Gasteiger partial charge is 0.237 e. The molecule has 0 radical (unpaired) electrons. The first kappa shape index (κ1) is 10.6. The zero-order valence-electron chi connectivity index (χ0n) is 7.50. The van der Waals surface area contributed by atoms with Crippen molar-refractivity contribution in [1.82, 2.24) is 0 Å². The SMILES string of the molecule is NC[C@H](O)c1ccc(N(O)C=O)cc1. The molecule has 0 saturated heterocycles. The van der Waals surface area contributed by atoms with Gasteiger partial charge in [-0.05, 0) is 17.7 Å². The van der Waals surface area contributed by atoms with E-state index in [1.165, 1.54) is 12.1 Å². The maximum absolute atomic E-state index is 10.2. The number of rotatable bonds is 4. The second-order valence-electron chi connectivity index (χ2n) is 2.79. The Labute approximate surface area is 81.3 Å². The number of aliphatic hydroxyl groups is 1. The van der Waals surface area contributed by atoms with Crippen LogP contribution in [0.2, 0.25) is 0 Å². The van der Waals surface area contributed by atoms with Crippen LogP contribution in [-0.4, -0.2) is 23.3 Å². The molecule has 4 N–H and O–H groups in total. The molecule has 1 atom stereocenters. The van der Waals surface area contributed by atoms with Gasteiger partial charge in [-0.2, -0.15) is 5.06 Å². The summed E-state index contributed by atoms with van der Waals surface area (Å²) < 4.78 is 0. The highest BCUT2D eigenvalue weighted by Crippen LogP contribution is 2.16. The highest BCUT2D eigenvalue weighted by Gasteiger charge is 2.06. The fourth-order valence-corrected chi connectivity index (χ4v) is 1.05. The summed E-state index contributed by atoms with van der Waals surface area (Å²) in [5, 5.41) is 18.8. The predicted molar refractivity (Wildman–Crippen MR) is 50.8 cm³/mol. The Balaban J connectivity index is 2.83. The number of aliphatic hydroxyl groups excluding tert-OH is 1. The topological polar surface area (TPSA) is 86.8 Å². The van der Waals surface area contributed by atoms with Crippen LogP contribution in [0.1, 0.15) is 11.7 Å². The minimum Gasteiger partial charge on any atom is -0.387 e. The van der Waals surface area contributed by atoms with Gasteiger partial charge in [-0.1, -0.05) is 12.1 Å². The summed E-state index contributed by atoms with van der Waals surface area (Å²) in [4.78, 5) is 10.2. The van der Waals surface area contributed by atoms with Crippen molar-refractivity contribution in [3.05, 3.63) is 29.8 Å². The molecule has 1 aromatic rings. The van der Waals surface area contributed by atoms with Crippen molar-refractivity contribution >= 4 is 12.1 Å². The van der Waals surface area contributed by atoms with Gasteiger partial charge < -0.3 is 10.8 Å². The molecular formula is C9H12N2O3. The third-order valence-electron chi connectivity index (χ3n) is 1.87. The molecule has 1 aromatic carbocycles. The van der Waals surface area contributed by atoms with E-state index in [2.05, 4.69) is 0 Å². The van der Waals surface area contributed by atoms with Crippen LogP contribution in [-0.2, 0) is 4.79 Å². The van der Waals surface area contributed by atoms with Crippen molar-refractivity contribution < 1.29 is 15.1 Å². The Kier molecular flexibility index (Phi) is 3.58. The van der Waals surface area contributed by atoms with Gasteiger partial charge >= 0.3 is 0 Å². The number of carbonyl (C=O) groups excluding carboxylic acids is 1. The van der Waals surface area contributed by atoms with E-state index in [0.29, 0.717) is 16.3 Å². The molecule has 0 aromatic heterocycles. The van der Waals surface area contributed by atoms with E-state index < -0.39 is 6.10 Å². The van der Waals surface area contributed by atoms with Crippen molar-refractivity contribution in [1.29, 1.82) is 0 Å². The van der Waals surface area contributed by atoms with Crippen LogP contribution < -0.4 is 10.8 Å². The second kappa shape index (κ2) is 4.71. The van der Waals surface area contributed by atoms with Crippen molar-refractivity contribution in [3.63, 3.8) is 0 Å². The monoisotopic (exact) mass is 196 g/mol. The Morgan fingerprint density at radius 2 is 2.00 bits per heavy atom. The number of hydrogen-bond acceptors (Lipinski definition) is 4. The first-order valence-corrected chi connectivity index (χ1v) is 4.10. The fourth-order valence-electron chi connectivity index (χ4n) is 1.05. The number of anilines is 1. The summed E-state index contributed by atoms with van der Waals surface area (Å²) in [6.07, 6.45) is -0.429. The van der Waals surface area contributed by atoms with Crippen LogP contribution >= 0.6 is 0 Å². The lowest BCUT2D eigenvalue weighted by Gasteiger charge is -2.11. The Morgan fingerprint density at radius 1 is 1.43 bits per heavy atom. The van der Waals surface area contributed by atoms with E-state index in [1.54, 1.807) is 12.1 Å². The molecule has 1 amide bonds. The van der Waals surface area contributed by atoms with Gasteiger partial charge in [-0.25, -0.2) is 0 Å². The lowest BCUT2D eigenvalue weighted by atomic mass is 10.1. The van der Waals surface area contributed by atoms with Gasteiger partial charge in [-0.3, -0.25) is 10.0 Å². The summed E-state index contributed by atoms with van der Waals surface area (Å²) >= 11 is 0. The molecule has 0 saturated carbocycles. The fraction of sp³-hybridized carbons (Fsp3) is 0.222. The summed E-state index contributed by atoms with van der Waals surface area (Å²) in [6.45, 7) is 0.135. The van der Waals surface area contributed by atoms with Crippen molar-refractivity contribution in [2.45, 2.75) is 6.10 Å². The standard InChI is InChI=1S/C9H12N2O3/c10-5-9(13)7-1-3-8(4-2-7)11(14)6-12/h1-4,6,9,13-14H,5,10H2/t9-/m0/s1. The van der Waals surface area contributed by atoms with Crippen LogP contribution in [0.25, 0.3) is 0 Å². The highest BCUT2D eigenvalue weighted by molar-refractivity contribution is 5.71. The van der Waals surface area contributed by atoms with Crippen LogP contribution in [0.4, 0.5) is 5.69 Å². The highest BCUT2D eigenvalue weighted by atomic mass is 16.5. The summed E-state index contributed by atoms with van der Waals surface area (Å²) in [5.74, 6) is 0. The van der Waals surface area contributed by atoms with Crippen LogP contribution in [0.5, 0.6) is 0 Å². The van der Waals surface area contributed by atoms with Gasteiger partial charge in [-0.15, -0.1) is 0 Å². The summed E-state index contributed by atoms with van der Waals surface area (Å²) in [5.41, 5.74) is 6.25. The maximum atomic E-state index is 10.2. The molecule has 14 heavy (non-hydrogen) atoms. The molecule has 1 rings (SSSR count). The maximum Gasteiger partial charge on any atom is 0.237 e. The Morgan fingerprint density at radius 3 is 2.43 bits per heavy atom. The van der Waals surface area contributed by atoms with Crippen molar-refractivity contribution in [2.75, 3.05) is 11.6 Å². The number of nitrogens with two attached hydrogens (primary N) is 1. The molecule has 0 aliphatic carbocycles. The van der Waals surface area contributed by atoms with Crippen molar-refractivity contribution in [2.24, 2.45) is 5.73 Å². The molecule has 76 valence electrons. The minimum atomic E-state index is -0.715. The van der Waals surface area contributed by atoms with E-state index in [4.69, 9.17) is 10.9 Å². The van der Waals surface area contributed by atoms with Crippen LogP contribution in [0.15, 0.2) is 24.3 Å². The van der Waals surface area contributed by atoms with E-state index in [0.717, 1.165) is 0 Å². The van der Waals surface area contributed by atoms with Crippen molar-refractivity contribution in [3.8, 4) is 0 Å². The van der Waals surface area contributed by atoms with Gasteiger partial charge in [0.25, 0.3) is 0 Å². The first-order valence-electron chi connectivity index (χ1n) is 4.10. The van der Waals surface area contributed by atoms with E-state index in [1.807, 2.05) is 0 Å². The molecule has 0 unspecified atom stereocenters. The van der Waals surface area contributed by atoms with E-state index in [-0.39, 0.29) is 13.0 Å².